The number of thiophene rings is 1. The largest absolute Gasteiger partial charge is 0.505 e. The Morgan fingerprint density at radius 3 is 2.91 bits per heavy atom. The van der Waals surface area contributed by atoms with Crippen LogP contribution in [-0.2, 0) is 0 Å². The molecule has 0 spiro atoms. The van der Waals surface area contributed by atoms with Gasteiger partial charge in [-0.05, 0) is 23.6 Å². The maximum absolute atomic E-state index is 13.8. The number of aromatic hydroxyl groups is 1. The number of rotatable bonds is 2. The number of carbonyl (C=O) groups excluding carboxylic acids is 1. The summed E-state index contributed by atoms with van der Waals surface area (Å²) < 4.78 is 14.2. The van der Waals surface area contributed by atoms with Gasteiger partial charge >= 0.3 is 0 Å². The molecule has 3 aromatic rings. The van der Waals surface area contributed by atoms with Crippen molar-refractivity contribution in [1.82, 2.24) is 4.98 Å². The number of hydrogen-bond donors (Lipinski definition) is 3. The summed E-state index contributed by atoms with van der Waals surface area (Å²) in [6.45, 7) is 0. The number of aromatic amines is 1. The van der Waals surface area contributed by atoms with Crippen molar-refractivity contribution in [1.29, 1.82) is 0 Å². The third-order valence-electron chi connectivity index (χ3n) is 3.02. The van der Waals surface area contributed by atoms with Gasteiger partial charge in [0.15, 0.2) is 11.6 Å². The normalized spacial score (nSPS) is 10.8. The van der Waals surface area contributed by atoms with E-state index in [1.165, 1.54) is 29.5 Å². The number of amides is 1. The van der Waals surface area contributed by atoms with E-state index in [1.807, 2.05) is 0 Å². The van der Waals surface area contributed by atoms with Crippen LogP contribution in [0.25, 0.3) is 10.2 Å². The molecule has 0 unspecified atom stereocenters. The molecule has 2 aromatic heterocycles. The second kappa shape index (κ2) is 5.43. The Morgan fingerprint density at radius 2 is 2.14 bits per heavy atom. The number of fused-ring (bicyclic) bond motifs is 1. The third kappa shape index (κ3) is 2.34. The summed E-state index contributed by atoms with van der Waals surface area (Å²) >= 11 is 6.80. The predicted octanol–water partition coefficient (Wildman–Crippen LogP) is 3.34. The van der Waals surface area contributed by atoms with Crippen LogP contribution < -0.4 is 10.9 Å². The van der Waals surface area contributed by atoms with Gasteiger partial charge in [-0.2, -0.15) is 0 Å². The van der Waals surface area contributed by atoms with Gasteiger partial charge in [-0.15, -0.1) is 11.3 Å². The van der Waals surface area contributed by atoms with E-state index in [4.69, 9.17) is 11.6 Å². The first-order valence-electron chi connectivity index (χ1n) is 6.07. The highest BCUT2D eigenvalue weighted by molar-refractivity contribution is 7.17. The lowest BCUT2D eigenvalue weighted by molar-refractivity contribution is 0.102. The summed E-state index contributed by atoms with van der Waals surface area (Å²) in [6.07, 6.45) is 0. The molecule has 2 heterocycles. The van der Waals surface area contributed by atoms with Gasteiger partial charge in [-0.25, -0.2) is 4.39 Å². The van der Waals surface area contributed by atoms with E-state index >= 15 is 0 Å². The first-order valence-corrected chi connectivity index (χ1v) is 7.32. The highest BCUT2D eigenvalue weighted by Crippen LogP contribution is 2.30. The third-order valence-corrected chi connectivity index (χ3v) is 4.23. The van der Waals surface area contributed by atoms with Crippen molar-refractivity contribution in [2.45, 2.75) is 0 Å². The summed E-state index contributed by atoms with van der Waals surface area (Å²) in [7, 11) is 0. The molecule has 0 saturated carbocycles. The molecule has 0 atom stereocenters. The maximum Gasteiger partial charge on any atom is 0.265 e. The Bertz CT molecular complexity index is 951. The Labute approximate surface area is 132 Å². The molecule has 0 saturated heterocycles. The SMILES string of the molecule is O=C(Nc1cccc(Cl)c1F)c1c(O)c2sccc2[nH]c1=O. The average Bonchev–Trinajstić information content (AvgIpc) is 2.92. The Balaban J connectivity index is 2.06. The second-order valence-electron chi connectivity index (χ2n) is 4.40. The molecule has 0 fully saturated rings. The molecule has 1 aromatic carbocycles. The molecule has 0 aliphatic rings. The van der Waals surface area contributed by atoms with Crippen LogP contribution in [0.3, 0.4) is 0 Å². The topological polar surface area (TPSA) is 82.2 Å². The number of hydrogen-bond acceptors (Lipinski definition) is 4. The molecule has 8 heteroatoms. The fourth-order valence-corrected chi connectivity index (χ4v) is 2.97. The highest BCUT2D eigenvalue weighted by Gasteiger charge is 2.21. The minimum atomic E-state index is -0.921. The van der Waals surface area contributed by atoms with Crippen molar-refractivity contribution in [2.24, 2.45) is 0 Å². The zero-order valence-corrected chi connectivity index (χ0v) is 12.4. The Hall–Kier alpha value is -2.38. The van der Waals surface area contributed by atoms with E-state index in [9.17, 15) is 19.1 Å². The summed E-state index contributed by atoms with van der Waals surface area (Å²) in [4.78, 5) is 26.6. The molecule has 112 valence electrons. The maximum atomic E-state index is 13.8. The molecule has 0 bridgehead atoms. The van der Waals surface area contributed by atoms with Crippen LogP contribution in [0.4, 0.5) is 10.1 Å². The lowest BCUT2D eigenvalue weighted by atomic mass is 10.2. The highest BCUT2D eigenvalue weighted by atomic mass is 35.5. The molecular weight excluding hydrogens is 331 g/mol. The molecule has 3 N–H and O–H groups in total. The lowest BCUT2D eigenvalue weighted by Crippen LogP contribution is -2.23. The van der Waals surface area contributed by atoms with Crippen molar-refractivity contribution in [3.8, 4) is 5.75 Å². The van der Waals surface area contributed by atoms with Crippen molar-refractivity contribution in [3.63, 3.8) is 0 Å². The van der Waals surface area contributed by atoms with Crippen LogP contribution in [-0.4, -0.2) is 16.0 Å². The first-order chi connectivity index (χ1) is 10.5. The smallest absolute Gasteiger partial charge is 0.265 e. The average molecular weight is 339 g/mol. The molecule has 1 amide bonds. The standard InChI is InChI=1S/C14H8ClFN2O3S/c15-6-2-1-3-7(10(6)16)17-13(20)9-11(19)12-8(4-5-22-12)18-14(9)21/h1-5H,(H,17,20)(H2,18,19,21). The second-order valence-corrected chi connectivity index (χ2v) is 5.72. The van der Waals surface area contributed by atoms with Gasteiger partial charge in [0.2, 0.25) is 0 Å². The monoisotopic (exact) mass is 338 g/mol. The summed E-state index contributed by atoms with van der Waals surface area (Å²) in [5.41, 5.74) is -0.988. The Morgan fingerprint density at radius 1 is 1.36 bits per heavy atom. The van der Waals surface area contributed by atoms with E-state index in [0.29, 0.717) is 10.2 Å². The van der Waals surface area contributed by atoms with Crippen molar-refractivity contribution >= 4 is 44.7 Å². The van der Waals surface area contributed by atoms with Crippen LogP contribution in [0.15, 0.2) is 34.4 Å². The van der Waals surface area contributed by atoms with Crippen LogP contribution in [0.2, 0.25) is 5.02 Å². The number of aromatic nitrogens is 1. The number of H-pyrrole nitrogens is 1. The fraction of sp³-hybridized carbons (Fsp3) is 0. The van der Waals surface area contributed by atoms with Crippen molar-refractivity contribution in [2.75, 3.05) is 5.32 Å². The van der Waals surface area contributed by atoms with Gasteiger partial charge in [-0.3, -0.25) is 9.59 Å². The van der Waals surface area contributed by atoms with Gasteiger partial charge in [-0.1, -0.05) is 17.7 Å². The molecule has 0 aliphatic carbocycles. The molecule has 3 rings (SSSR count). The van der Waals surface area contributed by atoms with E-state index in [0.717, 1.165) is 0 Å². The van der Waals surface area contributed by atoms with Crippen LogP contribution in [0.5, 0.6) is 5.75 Å². The summed E-state index contributed by atoms with van der Waals surface area (Å²) in [6, 6.07) is 5.69. The molecule has 0 radical (unpaired) electrons. The van der Waals surface area contributed by atoms with Gasteiger partial charge in [0, 0.05) is 0 Å². The van der Waals surface area contributed by atoms with Crippen LogP contribution in [0.1, 0.15) is 10.4 Å². The number of benzene rings is 1. The lowest BCUT2D eigenvalue weighted by Gasteiger charge is -2.08. The Kier molecular flexibility index (Phi) is 3.59. The van der Waals surface area contributed by atoms with Gasteiger partial charge in [0.1, 0.15) is 5.56 Å². The van der Waals surface area contributed by atoms with Gasteiger partial charge in [0.05, 0.1) is 20.9 Å². The zero-order chi connectivity index (χ0) is 15.9. The predicted molar refractivity (Wildman–Crippen MR) is 83.5 cm³/mol. The number of anilines is 1. The molecular formula is C14H8ClFN2O3S. The minimum absolute atomic E-state index is 0.162. The van der Waals surface area contributed by atoms with Gasteiger partial charge < -0.3 is 15.4 Å². The van der Waals surface area contributed by atoms with E-state index in [2.05, 4.69) is 10.3 Å². The molecule has 0 aliphatic heterocycles. The quantitative estimate of drug-likeness (QED) is 0.670. The van der Waals surface area contributed by atoms with Crippen LogP contribution in [0, 0.1) is 5.82 Å². The number of halogens is 2. The summed E-state index contributed by atoms with van der Waals surface area (Å²) in [5.74, 6) is -2.17. The van der Waals surface area contributed by atoms with Gasteiger partial charge in [0.25, 0.3) is 11.5 Å². The van der Waals surface area contributed by atoms with Crippen molar-refractivity contribution < 1.29 is 14.3 Å². The minimum Gasteiger partial charge on any atom is -0.505 e. The van der Waals surface area contributed by atoms with Crippen LogP contribution >= 0.6 is 22.9 Å². The molecule has 5 nitrogen and oxygen atoms in total. The first kappa shape index (κ1) is 14.6. The molecule has 22 heavy (non-hydrogen) atoms. The number of nitrogens with one attached hydrogen (secondary N) is 2. The number of pyridine rings is 1. The zero-order valence-electron chi connectivity index (χ0n) is 10.8. The number of carbonyl (C=O) groups is 1. The van der Waals surface area contributed by atoms with E-state index < -0.39 is 28.6 Å². The fourth-order valence-electron chi connectivity index (χ4n) is 1.99. The van der Waals surface area contributed by atoms with E-state index in [-0.39, 0.29) is 10.7 Å². The van der Waals surface area contributed by atoms with Crippen molar-refractivity contribution in [3.05, 3.63) is 56.4 Å². The summed E-state index contributed by atoms with van der Waals surface area (Å²) in [5, 5.41) is 13.8. The van der Waals surface area contributed by atoms with E-state index in [1.54, 1.807) is 11.4 Å².